The minimum Gasteiger partial charge on any atom is -0.282 e. The Balaban J connectivity index is 2.10. The molecule has 0 aliphatic heterocycles. The Morgan fingerprint density at radius 3 is 2.69 bits per heavy atom. The van der Waals surface area contributed by atoms with Gasteiger partial charge < -0.3 is 0 Å². The van der Waals surface area contributed by atoms with Crippen LogP contribution in [0.15, 0.2) is 0 Å². The number of nitrogens with zero attached hydrogens (tertiary/aromatic N) is 1. The molecule has 3 rings (SSSR count). The molecule has 0 saturated heterocycles. The van der Waals surface area contributed by atoms with Gasteiger partial charge in [0.2, 0.25) is 0 Å². The van der Waals surface area contributed by atoms with Crippen LogP contribution >= 0.6 is 0 Å². The van der Waals surface area contributed by atoms with Crippen molar-refractivity contribution in [1.29, 1.82) is 0 Å². The Labute approximate surface area is 78.7 Å². The number of aromatic amines is 1. The Hall–Kier alpha value is -0.790. The summed E-state index contributed by atoms with van der Waals surface area (Å²) in [4.78, 5) is 0. The Bertz CT molecular complexity index is 345. The van der Waals surface area contributed by atoms with Crippen molar-refractivity contribution in [3.05, 3.63) is 17.0 Å². The molecule has 0 aromatic carbocycles. The summed E-state index contributed by atoms with van der Waals surface area (Å²) >= 11 is 0. The van der Waals surface area contributed by atoms with E-state index in [4.69, 9.17) is 0 Å². The van der Waals surface area contributed by atoms with Gasteiger partial charge in [-0.2, -0.15) is 5.10 Å². The van der Waals surface area contributed by atoms with E-state index in [0.29, 0.717) is 11.3 Å². The van der Waals surface area contributed by atoms with Gasteiger partial charge in [0.1, 0.15) is 0 Å². The van der Waals surface area contributed by atoms with Crippen LogP contribution in [0.25, 0.3) is 0 Å². The number of aromatic nitrogens is 2. The van der Waals surface area contributed by atoms with Crippen LogP contribution in [0.3, 0.4) is 0 Å². The highest BCUT2D eigenvalue weighted by Crippen LogP contribution is 2.56. The zero-order valence-corrected chi connectivity index (χ0v) is 8.35. The maximum atomic E-state index is 4.51. The van der Waals surface area contributed by atoms with Crippen molar-refractivity contribution < 1.29 is 0 Å². The molecule has 0 amide bonds. The van der Waals surface area contributed by atoms with Crippen LogP contribution in [0.4, 0.5) is 0 Å². The SMILES string of the molecule is CC(C)c1[nH]nc2c1CCC21CC1. The number of H-pyrrole nitrogens is 1. The highest BCUT2D eigenvalue weighted by molar-refractivity contribution is 5.41. The highest BCUT2D eigenvalue weighted by Gasteiger charge is 2.51. The second-order valence-electron chi connectivity index (χ2n) is 4.90. The van der Waals surface area contributed by atoms with Crippen molar-refractivity contribution in [2.75, 3.05) is 0 Å². The van der Waals surface area contributed by atoms with E-state index in [9.17, 15) is 0 Å². The van der Waals surface area contributed by atoms with Crippen molar-refractivity contribution >= 4 is 0 Å². The summed E-state index contributed by atoms with van der Waals surface area (Å²) in [6.07, 6.45) is 5.38. The lowest BCUT2D eigenvalue weighted by Crippen LogP contribution is -2.00. The second kappa shape index (κ2) is 2.17. The molecule has 1 N–H and O–H groups in total. The van der Waals surface area contributed by atoms with Crippen LogP contribution in [-0.4, -0.2) is 10.2 Å². The maximum Gasteiger partial charge on any atom is 0.0718 e. The lowest BCUT2D eigenvalue weighted by Gasteiger charge is -2.02. The third-order valence-corrected chi connectivity index (χ3v) is 3.69. The first-order valence-electron chi connectivity index (χ1n) is 5.30. The molecule has 2 aliphatic carbocycles. The van der Waals surface area contributed by atoms with Crippen molar-refractivity contribution in [2.24, 2.45) is 0 Å². The number of rotatable bonds is 1. The smallest absolute Gasteiger partial charge is 0.0718 e. The van der Waals surface area contributed by atoms with Gasteiger partial charge in [0.15, 0.2) is 0 Å². The topological polar surface area (TPSA) is 28.7 Å². The molecule has 0 radical (unpaired) electrons. The third kappa shape index (κ3) is 0.862. The van der Waals surface area contributed by atoms with E-state index in [0.717, 1.165) is 0 Å². The zero-order valence-electron chi connectivity index (χ0n) is 8.35. The molecule has 1 aromatic heterocycles. The summed E-state index contributed by atoms with van der Waals surface area (Å²) < 4.78 is 0. The van der Waals surface area contributed by atoms with Crippen LogP contribution in [-0.2, 0) is 11.8 Å². The number of nitrogens with one attached hydrogen (secondary N) is 1. The zero-order chi connectivity index (χ0) is 9.05. The van der Waals surface area contributed by atoms with Crippen LogP contribution in [0.2, 0.25) is 0 Å². The lowest BCUT2D eigenvalue weighted by atomic mass is 10.0. The maximum absolute atomic E-state index is 4.51. The second-order valence-corrected chi connectivity index (χ2v) is 4.90. The molecule has 13 heavy (non-hydrogen) atoms. The van der Waals surface area contributed by atoms with E-state index in [1.807, 2.05) is 0 Å². The Morgan fingerprint density at radius 1 is 1.31 bits per heavy atom. The first kappa shape index (κ1) is 7.60. The molecule has 1 heterocycles. The average molecular weight is 176 g/mol. The van der Waals surface area contributed by atoms with E-state index in [1.54, 1.807) is 5.56 Å². The standard InChI is InChI=1S/C11H16N2/c1-7(2)9-8-3-4-11(5-6-11)10(8)13-12-9/h7H,3-6H2,1-2H3,(H,12,13). The largest absolute Gasteiger partial charge is 0.282 e. The van der Waals surface area contributed by atoms with Gasteiger partial charge in [-0.05, 0) is 37.2 Å². The molecule has 70 valence electrons. The molecular weight excluding hydrogens is 160 g/mol. The van der Waals surface area contributed by atoms with Gasteiger partial charge in [-0.1, -0.05) is 13.8 Å². The van der Waals surface area contributed by atoms with Crippen LogP contribution in [0.1, 0.15) is 56.0 Å². The summed E-state index contributed by atoms with van der Waals surface area (Å²) in [5.74, 6) is 0.602. The molecule has 1 saturated carbocycles. The van der Waals surface area contributed by atoms with Gasteiger partial charge in [-0.3, -0.25) is 5.10 Å². The molecule has 1 aromatic rings. The number of fused-ring (bicyclic) bond motifs is 2. The molecular formula is C11H16N2. The van der Waals surface area contributed by atoms with Crippen molar-refractivity contribution in [2.45, 2.75) is 50.9 Å². The van der Waals surface area contributed by atoms with Gasteiger partial charge in [0.05, 0.1) is 5.69 Å². The number of hydrogen-bond donors (Lipinski definition) is 1. The summed E-state index contributed by atoms with van der Waals surface area (Å²) in [6.45, 7) is 4.48. The summed E-state index contributed by atoms with van der Waals surface area (Å²) in [6, 6.07) is 0. The van der Waals surface area contributed by atoms with Crippen molar-refractivity contribution in [1.82, 2.24) is 10.2 Å². The van der Waals surface area contributed by atoms with Crippen LogP contribution in [0, 0.1) is 0 Å². The fourth-order valence-electron chi connectivity index (χ4n) is 2.67. The number of hydrogen-bond acceptors (Lipinski definition) is 1. The monoisotopic (exact) mass is 176 g/mol. The minimum absolute atomic E-state index is 0.541. The van der Waals surface area contributed by atoms with E-state index in [1.165, 1.54) is 37.1 Å². The first-order chi connectivity index (χ1) is 6.23. The van der Waals surface area contributed by atoms with E-state index < -0.39 is 0 Å². The fraction of sp³-hybridized carbons (Fsp3) is 0.727. The Morgan fingerprint density at radius 2 is 2.08 bits per heavy atom. The molecule has 2 aliphatic rings. The van der Waals surface area contributed by atoms with Gasteiger partial charge in [-0.15, -0.1) is 0 Å². The van der Waals surface area contributed by atoms with Crippen molar-refractivity contribution in [3.8, 4) is 0 Å². The highest BCUT2D eigenvalue weighted by atomic mass is 15.1. The summed E-state index contributed by atoms with van der Waals surface area (Å²) in [7, 11) is 0. The minimum atomic E-state index is 0.541. The van der Waals surface area contributed by atoms with E-state index in [2.05, 4.69) is 24.0 Å². The van der Waals surface area contributed by atoms with Gasteiger partial charge in [-0.25, -0.2) is 0 Å². The molecule has 2 nitrogen and oxygen atoms in total. The van der Waals surface area contributed by atoms with Crippen LogP contribution < -0.4 is 0 Å². The fourth-order valence-corrected chi connectivity index (χ4v) is 2.67. The summed E-state index contributed by atoms with van der Waals surface area (Å²) in [5, 5.41) is 7.73. The molecule has 1 fully saturated rings. The predicted octanol–water partition coefficient (Wildman–Crippen LogP) is 2.51. The lowest BCUT2D eigenvalue weighted by molar-refractivity contribution is 0.645. The van der Waals surface area contributed by atoms with E-state index >= 15 is 0 Å². The third-order valence-electron chi connectivity index (χ3n) is 3.69. The van der Waals surface area contributed by atoms with E-state index in [-0.39, 0.29) is 0 Å². The predicted molar refractivity (Wildman–Crippen MR) is 51.9 cm³/mol. The summed E-state index contributed by atoms with van der Waals surface area (Å²) in [5.41, 5.74) is 4.89. The normalized spacial score (nSPS) is 22.7. The Kier molecular flexibility index (Phi) is 1.27. The molecule has 1 spiro atoms. The van der Waals surface area contributed by atoms with Gasteiger partial charge in [0.25, 0.3) is 0 Å². The average Bonchev–Trinajstić information content (AvgIpc) is 2.57. The molecule has 2 heteroatoms. The quantitative estimate of drug-likeness (QED) is 0.699. The molecule has 0 atom stereocenters. The van der Waals surface area contributed by atoms with Crippen molar-refractivity contribution in [3.63, 3.8) is 0 Å². The first-order valence-corrected chi connectivity index (χ1v) is 5.30. The van der Waals surface area contributed by atoms with Crippen LogP contribution in [0.5, 0.6) is 0 Å². The van der Waals surface area contributed by atoms with Gasteiger partial charge >= 0.3 is 0 Å². The molecule has 0 unspecified atom stereocenters. The molecule has 0 bridgehead atoms. The van der Waals surface area contributed by atoms with Gasteiger partial charge in [0, 0.05) is 11.1 Å².